The van der Waals surface area contributed by atoms with E-state index in [0.29, 0.717) is 15.7 Å². The van der Waals surface area contributed by atoms with Gasteiger partial charge in [0.2, 0.25) is 0 Å². The van der Waals surface area contributed by atoms with Crippen molar-refractivity contribution in [2.24, 2.45) is 11.1 Å². The molecule has 0 saturated carbocycles. The van der Waals surface area contributed by atoms with Crippen LogP contribution in [0.3, 0.4) is 0 Å². The van der Waals surface area contributed by atoms with Crippen molar-refractivity contribution in [2.45, 2.75) is 35.2 Å². The average molecular weight is 455 g/mol. The Morgan fingerprint density at radius 3 is 2.74 bits per heavy atom. The third-order valence-electron chi connectivity index (χ3n) is 6.50. The molecule has 160 valence electrons. The van der Waals surface area contributed by atoms with Crippen LogP contribution in [0.4, 0.5) is 11.6 Å². The number of anilines is 2. The zero-order chi connectivity index (χ0) is 21.6. The van der Waals surface area contributed by atoms with Crippen LogP contribution in [0.5, 0.6) is 0 Å². The fourth-order valence-electron chi connectivity index (χ4n) is 4.72. The molecule has 0 unspecified atom stereocenters. The Balaban J connectivity index is 1.30. The van der Waals surface area contributed by atoms with Crippen LogP contribution in [-0.4, -0.2) is 28.0 Å². The van der Waals surface area contributed by atoms with Crippen LogP contribution in [0.1, 0.15) is 30.0 Å². The number of nitrogens with one attached hydrogen (secondary N) is 1. The molecule has 7 nitrogen and oxygen atoms in total. The number of aromatic nitrogens is 3. The van der Waals surface area contributed by atoms with Crippen molar-refractivity contribution in [1.29, 1.82) is 0 Å². The lowest BCUT2D eigenvalue weighted by Gasteiger charge is -2.42. The zero-order valence-electron chi connectivity index (χ0n) is 16.8. The van der Waals surface area contributed by atoms with E-state index in [9.17, 15) is 4.79 Å². The largest absolute Gasteiger partial charge is 0.381 e. The summed E-state index contributed by atoms with van der Waals surface area (Å²) in [7, 11) is 0. The molecule has 0 bridgehead atoms. The molecule has 1 atom stereocenters. The number of piperidine rings is 1. The van der Waals surface area contributed by atoms with Gasteiger partial charge in [-0.1, -0.05) is 47.6 Å². The van der Waals surface area contributed by atoms with E-state index in [1.54, 1.807) is 18.5 Å². The molecule has 0 radical (unpaired) electrons. The van der Waals surface area contributed by atoms with Crippen LogP contribution in [0.2, 0.25) is 5.02 Å². The van der Waals surface area contributed by atoms with Crippen LogP contribution in [0.15, 0.2) is 57.4 Å². The molecule has 3 aromatic rings. The van der Waals surface area contributed by atoms with Crippen molar-refractivity contribution in [2.75, 3.05) is 23.7 Å². The summed E-state index contributed by atoms with van der Waals surface area (Å²) < 4.78 is 0. The molecule has 1 aliphatic heterocycles. The van der Waals surface area contributed by atoms with Gasteiger partial charge in [-0.25, -0.2) is 9.97 Å². The van der Waals surface area contributed by atoms with Crippen LogP contribution in [0.25, 0.3) is 0 Å². The number of H-pyrrole nitrogens is 1. The lowest BCUT2D eigenvalue weighted by atomic mass is 9.73. The molecule has 2 aromatic heterocycles. The number of nitrogen functional groups attached to an aromatic ring is 1. The highest BCUT2D eigenvalue weighted by molar-refractivity contribution is 7.99. The Kier molecular flexibility index (Phi) is 5.16. The number of hydrogen-bond donors (Lipinski definition) is 3. The van der Waals surface area contributed by atoms with E-state index in [1.807, 2.05) is 0 Å². The molecule has 1 spiro atoms. The summed E-state index contributed by atoms with van der Waals surface area (Å²) in [6, 6.07) is 10.3. The van der Waals surface area contributed by atoms with E-state index < -0.39 is 0 Å². The molecule has 5 N–H and O–H groups in total. The number of nitrogens with two attached hydrogens (primary N) is 2. The van der Waals surface area contributed by atoms with E-state index in [-0.39, 0.29) is 22.0 Å². The fraction of sp³-hybridized carbons (Fsp3) is 0.318. The van der Waals surface area contributed by atoms with Crippen LogP contribution in [0, 0.1) is 5.41 Å². The number of nitrogens with zero attached hydrogens (tertiary/aromatic N) is 3. The molecular weight excluding hydrogens is 432 g/mol. The Labute approximate surface area is 189 Å². The first-order chi connectivity index (χ1) is 15.0. The SMILES string of the molecule is Nc1nc(N2CCC3(CC2)Cc2ccccc2[C@H]3N)cnc1Sc1cc[nH]c(=O)c1Cl. The van der Waals surface area contributed by atoms with Crippen LogP contribution < -0.4 is 21.9 Å². The van der Waals surface area contributed by atoms with E-state index in [1.165, 1.54) is 22.9 Å². The Hall–Kier alpha value is -2.55. The number of halogens is 1. The summed E-state index contributed by atoms with van der Waals surface area (Å²) in [5, 5.41) is 0.644. The minimum atomic E-state index is -0.343. The highest BCUT2D eigenvalue weighted by atomic mass is 35.5. The summed E-state index contributed by atoms with van der Waals surface area (Å²) in [6.07, 6.45) is 6.33. The highest BCUT2D eigenvalue weighted by Gasteiger charge is 2.45. The summed E-state index contributed by atoms with van der Waals surface area (Å²) in [4.78, 5) is 26.1. The predicted octanol–water partition coefficient (Wildman–Crippen LogP) is 3.39. The second-order valence-electron chi connectivity index (χ2n) is 8.21. The minimum Gasteiger partial charge on any atom is -0.381 e. The summed E-state index contributed by atoms with van der Waals surface area (Å²) in [5.74, 6) is 1.09. The second-order valence-corrected chi connectivity index (χ2v) is 9.62. The summed E-state index contributed by atoms with van der Waals surface area (Å²) in [5.41, 5.74) is 15.3. The Morgan fingerprint density at radius 1 is 1.23 bits per heavy atom. The van der Waals surface area contributed by atoms with E-state index in [0.717, 1.165) is 38.2 Å². The molecule has 1 aromatic carbocycles. The fourth-order valence-corrected chi connectivity index (χ4v) is 5.74. The quantitative estimate of drug-likeness (QED) is 0.555. The van der Waals surface area contributed by atoms with Gasteiger partial charge in [-0.15, -0.1) is 0 Å². The van der Waals surface area contributed by atoms with Crippen LogP contribution in [-0.2, 0) is 6.42 Å². The molecule has 5 rings (SSSR count). The molecule has 1 saturated heterocycles. The standard InChI is InChI=1S/C22H23ClN6OS/c23-17-15(5-8-26-20(17)30)31-21-19(25)28-16(12-27-21)29-9-6-22(7-10-29)11-13-3-1-2-4-14(13)18(22)24/h1-5,8,12,18H,6-7,9-11,24H2,(H2,25,28)(H,26,30)/t18-/m1/s1. The normalized spacial score (nSPS) is 19.5. The number of rotatable bonds is 3. The summed E-state index contributed by atoms with van der Waals surface area (Å²) >= 11 is 7.31. The third-order valence-corrected chi connectivity index (χ3v) is 8.05. The first-order valence-electron chi connectivity index (χ1n) is 10.2. The highest BCUT2D eigenvalue weighted by Crippen LogP contribution is 2.51. The monoisotopic (exact) mass is 454 g/mol. The van der Waals surface area contributed by atoms with E-state index >= 15 is 0 Å². The zero-order valence-corrected chi connectivity index (χ0v) is 18.4. The van der Waals surface area contributed by atoms with Gasteiger partial charge in [-0.2, -0.15) is 0 Å². The van der Waals surface area contributed by atoms with Gasteiger partial charge in [0.1, 0.15) is 15.9 Å². The molecule has 3 heterocycles. The van der Waals surface area contributed by atoms with Gasteiger partial charge >= 0.3 is 0 Å². The first kappa shape index (κ1) is 20.4. The van der Waals surface area contributed by atoms with Crippen molar-refractivity contribution in [3.8, 4) is 0 Å². The third kappa shape index (κ3) is 3.58. The van der Waals surface area contributed by atoms with Crippen molar-refractivity contribution in [3.63, 3.8) is 0 Å². The lowest BCUT2D eigenvalue weighted by Crippen LogP contribution is -2.44. The smallest absolute Gasteiger partial charge is 0.267 e. The maximum Gasteiger partial charge on any atom is 0.267 e. The van der Waals surface area contributed by atoms with Gasteiger partial charge in [0, 0.05) is 30.2 Å². The molecule has 0 amide bonds. The van der Waals surface area contributed by atoms with Crippen molar-refractivity contribution in [3.05, 3.63) is 69.2 Å². The van der Waals surface area contributed by atoms with Gasteiger partial charge in [0.15, 0.2) is 5.82 Å². The lowest BCUT2D eigenvalue weighted by molar-refractivity contribution is 0.187. The minimum absolute atomic E-state index is 0.0829. The maximum atomic E-state index is 11.7. The topological polar surface area (TPSA) is 114 Å². The van der Waals surface area contributed by atoms with Gasteiger partial charge in [0.05, 0.1) is 6.20 Å². The van der Waals surface area contributed by atoms with Crippen molar-refractivity contribution >= 4 is 35.0 Å². The molecular formula is C22H23ClN6OS. The molecule has 2 aliphatic rings. The van der Waals surface area contributed by atoms with Gasteiger partial charge < -0.3 is 21.4 Å². The van der Waals surface area contributed by atoms with Gasteiger partial charge in [0.25, 0.3) is 5.56 Å². The molecule has 9 heteroatoms. The molecule has 1 fully saturated rings. The van der Waals surface area contributed by atoms with Gasteiger partial charge in [-0.05, 0) is 41.9 Å². The Morgan fingerprint density at radius 2 is 2.00 bits per heavy atom. The number of aromatic amines is 1. The number of hydrogen-bond acceptors (Lipinski definition) is 7. The van der Waals surface area contributed by atoms with Gasteiger partial charge in [-0.3, -0.25) is 4.79 Å². The van der Waals surface area contributed by atoms with Crippen molar-refractivity contribution < 1.29 is 0 Å². The van der Waals surface area contributed by atoms with E-state index in [2.05, 4.69) is 44.1 Å². The van der Waals surface area contributed by atoms with Crippen LogP contribution >= 0.6 is 23.4 Å². The molecule has 1 aliphatic carbocycles. The molecule has 31 heavy (non-hydrogen) atoms. The maximum absolute atomic E-state index is 11.7. The van der Waals surface area contributed by atoms with E-state index in [4.69, 9.17) is 23.1 Å². The number of pyridine rings is 1. The second kappa shape index (κ2) is 7.85. The Bertz CT molecular complexity index is 1190. The predicted molar refractivity (Wildman–Crippen MR) is 124 cm³/mol. The first-order valence-corrected chi connectivity index (χ1v) is 11.4. The average Bonchev–Trinajstić information content (AvgIpc) is 3.05. The number of fused-ring (bicyclic) bond motifs is 1. The summed E-state index contributed by atoms with van der Waals surface area (Å²) in [6.45, 7) is 1.73. The number of benzene rings is 1. The van der Waals surface area contributed by atoms with Crippen molar-refractivity contribution in [1.82, 2.24) is 15.0 Å².